The predicted molar refractivity (Wildman–Crippen MR) is 143 cm³/mol. The minimum atomic E-state index is 0.265. The summed E-state index contributed by atoms with van der Waals surface area (Å²) in [5.41, 5.74) is 4.06. The van der Waals surface area contributed by atoms with Gasteiger partial charge in [0.2, 0.25) is 0 Å². The highest BCUT2D eigenvalue weighted by molar-refractivity contribution is 7.26. The van der Waals surface area contributed by atoms with E-state index in [9.17, 15) is 0 Å². The maximum Gasteiger partial charge on any atom is 0.0894 e. The minimum Gasteiger partial charge on any atom is -0.255 e. The molecule has 3 heterocycles. The Morgan fingerprint density at radius 3 is 2.38 bits per heavy atom. The van der Waals surface area contributed by atoms with Gasteiger partial charge in [-0.3, -0.25) is 4.98 Å². The molecule has 6 rings (SSSR count). The minimum absolute atomic E-state index is 0.265. The second-order valence-electron chi connectivity index (χ2n) is 9.87. The van der Waals surface area contributed by atoms with Crippen molar-refractivity contribution >= 4 is 63.7 Å². The van der Waals surface area contributed by atoms with E-state index in [1.807, 2.05) is 28.9 Å². The Morgan fingerprint density at radius 1 is 0.812 bits per heavy atom. The molecule has 0 fully saturated rings. The van der Waals surface area contributed by atoms with Gasteiger partial charge in [-0.1, -0.05) is 63.2 Å². The van der Waals surface area contributed by atoms with Crippen molar-refractivity contribution in [3.63, 3.8) is 0 Å². The highest BCUT2D eigenvalue weighted by atomic mass is 32.1. The van der Waals surface area contributed by atoms with Gasteiger partial charge in [0.15, 0.2) is 0 Å². The molecule has 0 radical (unpaired) electrons. The Bertz CT molecular complexity index is 1640. The van der Waals surface area contributed by atoms with E-state index in [0.29, 0.717) is 0 Å². The molecule has 0 aliphatic carbocycles. The molecule has 0 aliphatic heterocycles. The molecule has 3 aromatic heterocycles. The zero-order valence-corrected chi connectivity index (χ0v) is 20.5. The van der Waals surface area contributed by atoms with Gasteiger partial charge in [0.05, 0.1) is 10.4 Å². The van der Waals surface area contributed by atoms with Gasteiger partial charge in [-0.15, -0.1) is 22.7 Å². The van der Waals surface area contributed by atoms with Crippen LogP contribution in [-0.4, -0.2) is 4.98 Å². The van der Waals surface area contributed by atoms with Gasteiger partial charge in [-0.05, 0) is 58.7 Å². The monoisotopic (exact) mass is 451 g/mol. The second kappa shape index (κ2) is 7.13. The van der Waals surface area contributed by atoms with E-state index in [0.717, 1.165) is 12.1 Å². The Hall–Kier alpha value is -2.75. The second-order valence-corrected chi connectivity index (χ2v) is 12.0. The van der Waals surface area contributed by atoms with E-state index in [2.05, 4.69) is 88.4 Å². The van der Waals surface area contributed by atoms with Crippen molar-refractivity contribution in [1.82, 2.24) is 4.98 Å². The molecule has 0 unspecified atom stereocenters. The smallest absolute Gasteiger partial charge is 0.0894 e. The molecule has 0 atom stereocenters. The maximum absolute atomic E-state index is 4.97. The summed E-state index contributed by atoms with van der Waals surface area (Å²) < 4.78 is 4.00. The van der Waals surface area contributed by atoms with Crippen LogP contribution in [0.4, 0.5) is 0 Å². The summed E-state index contributed by atoms with van der Waals surface area (Å²) in [7, 11) is 0. The van der Waals surface area contributed by atoms with E-state index in [1.165, 1.54) is 57.0 Å². The predicted octanol–water partition coefficient (Wildman–Crippen LogP) is 9.38. The molecule has 0 N–H and O–H groups in total. The third-order valence-corrected chi connectivity index (χ3v) is 8.79. The molecule has 1 nitrogen and oxygen atoms in total. The summed E-state index contributed by atoms with van der Waals surface area (Å²) in [5.74, 6) is 0. The molecular weight excluding hydrogens is 426 g/mol. The van der Waals surface area contributed by atoms with Gasteiger partial charge in [0.1, 0.15) is 0 Å². The first-order valence-electron chi connectivity index (χ1n) is 11.1. The van der Waals surface area contributed by atoms with E-state index in [1.54, 1.807) is 0 Å². The largest absolute Gasteiger partial charge is 0.255 e. The van der Waals surface area contributed by atoms with Crippen molar-refractivity contribution in [3.8, 4) is 11.3 Å². The van der Waals surface area contributed by atoms with Gasteiger partial charge in [0, 0.05) is 36.8 Å². The van der Waals surface area contributed by atoms with Gasteiger partial charge in [-0.25, -0.2) is 0 Å². The quantitative estimate of drug-likeness (QED) is 0.255. The highest BCUT2D eigenvalue weighted by Crippen LogP contribution is 2.46. The summed E-state index contributed by atoms with van der Waals surface area (Å²) in [6, 6.07) is 22.1. The van der Waals surface area contributed by atoms with Crippen LogP contribution in [0.25, 0.3) is 52.3 Å². The SMILES string of the molecule is Cc1c(CC(C)(C)C)sc2c(-c3cc4ccccc4c4c3sc3ccccc34)nccc12. The molecule has 6 aromatic rings. The first kappa shape index (κ1) is 19.9. The summed E-state index contributed by atoms with van der Waals surface area (Å²) in [4.78, 5) is 6.45. The van der Waals surface area contributed by atoms with E-state index >= 15 is 0 Å². The number of benzene rings is 3. The Labute approximate surface area is 196 Å². The molecule has 3 aromatic carbocycles. The topological polar surface area (TPSA) is 12.9 Å². The standard InChI is InChI=1S/C29H25NS2/c1-17-19-13-14-30-26(28(19)32-24(17)16-29(2,3)4)22-15-18-9-5-6-10-20(18)25-21-11-7-8-12-23(21)31-27(22)25/h5-15H,16H2,1-4H3. The van der Waals surface area contributed by atoms with Crippen molar-refractivity contribution < 1.29 is 0 Å². The molecule has 32 heavy (non-hydrogen) atoms. The van der Waals surface area contributed by atoms with Gasteiger partial charge in [-0.2, -0.15) is 0 Å². The van der Waals surface area contributed by atoms with Gasteiger partial charge >= 0.3 is 0 Å². The lowest BCUT2D eigenvalue weighted by molar-refractivity contribution is 0.414. The number of hydrogen-bond acceptors (Lipinski definition) is 3. The number of aromatic nitrogens is 1. The summed E-state index contributed by atoms with van der Waals surface area (Å²) in [5, 5.41) is 6.66. The van der Waals surface area contributed by atoms with E-state index in [4.69, 9.17) is 4.98 Å². The molecular formula is C29H25NS2. The fourth-order valence-electron chi connectivity index (χ4n) is 4.79. The van der Waals surface area contributed by atoms with Gasteiger partial charge in [0.25, 0.3) is 0 Å². The number of hydrogen-bond donors (Lipinski definition) is 0. The van der Waals surface area contributed by atoms with E-state index in [-0.39, 0.29) is 5.41 Å². The Balaban J connectivity index is 1.72. The van der Waals surface area contributed by atoms with Crippen LogP contribution in [0, 0.1) is 12.3 Å². The summed E-state index contributed by atoms with van der Waals surface area (Å²) in [6.45, 7) is 9.24. The molecule has 0 bridgehead atoms. The van der Waals surface area contributed by atoms with Crippen molar-refractivity contribution in [2.45, 2.75) is 34.1 Å². The lowest BCUT2D eigenvalue weighted by atomic mass is 9.90. The molecule has 158 valence electrons. The van der Waals surface area contributed by atoms with Crippen LogP contribution < -0.4 is 0 Å². The molecule has 0 aliphatic rings. The fourth-order valence-corrected chi connectivity index (χ4v) is 7.63. The Kier molecular flexibility index (Phi) is 4.43. The summed E-state index contributed by atoms with van der Waals surface area (Å²) >= 11 is 3.83. The van der Waals surface area contributed by atoms with Crippen LogP contribution >= 0.6 is 22.7 Å². The molecule has 0 saturated carbocycles. The number of thiophene rings is 2. The van der Waals surface area contributed by atoms with Crippen LogP contribution in [0.2, 0.25) is 0 Å². The maximum atomic E-state index is 4.97. The summed E-state index contributed by atoms with van der Waals surface area (Å²) in [6.07, 6.45) is 3.08. The van der Waals surface area contributed by atoms with Crippen LogP contribution in [0.5, 0.6) is 0 Å². The average molecular weight is 452 g/mol. The van der Waals surface area contributed by atoms with Crippen molar-refractivity contribution in [2.75, 3.05) is 0 Å². The van der Waals surface area contributed by atoms with Crippen molar-refractivity contribution in [3.05, 3.63) is 77.3 Å². The number of rotatable bonds is 2. The number of fused-ring (bicyclic) bond motifs is 6. The molecule has 0 amide bonds. The number of pyridine rings is 1. The van der Waals surface area contributed by atoms with Crippen LogP contribution in [-0.2, 0) is 6.42 Å². The Morgan fingerprint density at radius 2 is 1.56 bits per heavy atom. The third-order valence-electron chi connectivity index (χ3n) is 6.27. The normalized spacial score (nSPS) is 12.5. The van der Waals surface area contributed by atoms with Gasteiger partial charge < -0.3 is 0 Å². The molecule has 3 heteroatoms. The zero-order valence-electron chi connectivity index (χ0n) is 18.8. The van der Waals surface area contributed by atoms with Crippen LogP contribution in [0.3, 0.4) is 0 Å². The third kappa shape index (κ3) is 3.07. The highest BCUT2D eigenvalue weighted by Gasteiger charge is 2.21. The zero-order chi connectivity index (χ0) is 22.0. The first-order chi connectivity index (χ1) is 15.4. The average Bonchev–Trinajstić information content (AvgIpc) is 3.30. The lowest BCUT2D eigenvalue weighted by Gasteiger charge is -2.17. The molecule has 0 spiro atoms. The van der Waals surface area contributed by atoms with Crippen molar-refractivity contribution in [2.24, 2.45) is 5.41 Å². The van der Waals surface area contributed by atoms with Crippen molar-refractivity contribution in [1.29, 1.82) is 0 Å². The fraction of sp³-hybridized carbons (Fsp3) is 0.207. The first-order valence-corrected chi connectivity index (χ1v) is 12.7. The molecule has 0 saturated heterocycles. The number of aryl methyl sites for hydroxylation is 1. The van der Waals surface area contributed by atoms with E-state index < -0.39 is 0 Å². The lowest BCUT2D eigenvalue weighted by Crippen LogP contribution is -2.08. The van der Waals surface area contributed by atoms with Crippen LogP contribution in [0.15, 0.2) is 66.9 Å². The number of nitrogens with zero attached hydrogens (tertiary/aromatic N) is 1. The van der Waals surface area contributed by atoms with Crippen LogP contribution in [0.1, 0.15) is 31.2 Å².